The van der Waals surface area contributed by atoms with Crippen molar-refractivity contribution in [1.82, 2.24) is 21.3 Å². The number of nitrogens with two attached hydrogens (primary N) is 2. The largest absolute Gasteiger partial charge is 0.446 e. The van der Waals surface area contributed by atoms with E-state index in [0.29, 0.717) is 0 Å². The molecule has 3 aliphatic rings. The van der Waals surface area contributed by atoms with Crippen molar-refractivity contribution in [2.24, 2.45) is 21.6 Å². The van der Waals surface area contributed by atoms with Crippen LogP contribution in [0.5, 0.6) is 0 Å². The van der Waals surface area contributed by atoms with Crippen molar-refractivity contribution in [1.29, 1.82) is 0 Å². The molecule has 0 aliphatic carbocycles. The second kappa shape index (κ2) is 9.63. The number of carbonyl (C=O) groups is 2. The Morgan fingerprint density at radius 3 is 2.83 bits per heavy atom. The van der Waals surface area contributed by atoms with Crippen molar-refractivity contribution < 1.29 is 34.0 Å². The second-order valence-corrected chi connectivity index (χ2v) is 8.18. The van der Waals surface area contributed by atoms with Crippen LogP contribution in [0.4, 0.5) is 4.79 Å². The third-order valence-corrected chi connectivity index (χ3v) is 5.93. The van der Waals surface area contributed by atoms with E-state index in [2.05, 4.69) is 31.4 Å². The standard InChI is InChI=1S/C20H27N9O6/c21-16-27-15-13(26-17(22)29-7-6-19(32,33)20(15,29)28-16)9-34-18(31)24-11-23-14(30)10-35-25-8-12-4-2-1-3-5-12/h1-5,8,13,15,32-33H,6-7,9-11H2,(H7,21,22,23,24,26,27,28,30,31)/p+1/b25-8+. The molecule has 3 aliphatic heterocycles. The van der Waals surface area contributed by atoms with Gasteiger partial charge in [-0.3, -0.25) is 15.8 Å². The van der Waals surface area contributed by atoms with E-state index < -0.39 is 35.5 Å². The lowest BCUT2D eigenvalue weighted by Gasteiger charge is -2.42. The SMILES string of the molecule is NC1=NC2C(COC(=O)NCNC(=O)CO/N=C/c3ccccc3)NC(N)=[N+]3CCC(O)(O)C23N1. The normalized spacial score (nSPS) is 26.2. The number of alkyl carbamates (subject to hydrolysis) is 1. The van der Waals surface area contributed by atoms with Crippen molar-refractivity contribution in [3.63, 3.8) is 0 Å². The zero-order chi connectivity index (χ0) is 25.1. The molecule has 10 N–H and O–H groups in total. The van der Waals surface area contributed by atoms with Crippen LogP contribution in [0.25, 0.3) is 0 Å². The fourth-order valence-electron chi connectivity index (χ4n) is 4.35. The lowest BCUT2D eigenvalue weighted by Crippen LogP contribution is -2.77. The average molecular weight is 491 g/mol. The molecule has 2 amide bonds. The topological polar surface area (TPSA) is 221 Å². The van der Waals surface area contributed by atoms with Crippen LogP contribution in [-0.2, 0) is 14.4 Å². The van der Waals surface area contributed by atoms with Gasteiger partial charge >= 0.3 is 12.1 Å². The number of aliphatic hydroxyl groups is 2. The highest BCUT2D eigenvalue weighted by atomic mass is 16.6. The molecule has 35 heavy (non-hydrogen) atoms. The maximum atomic E-state index is 12.1. The Balaban J connectivity index is 1.21. The van der Waals surface area contributed by atoms with E-state index in [0.717, 1.165) is 5.56 Å². The van der Waals surface area contributed by atoms with E-state index in [9.17, 15) is 19.8 Å². The van der Waals surface area contributed by atoms with Gasteiger partial charge in [-0.25, -0.2) is 14.4 Å². The first-order valence-corrected chi connectivity index (χ1v) is 10.8. The molecular weight excluding hydrogens is 462 g/mol. The Morgan fingerprint density at radius 1 is 1.29 bits per heavy atom. The number of oxime groups is 1. The van der Waals surface area contributed by atoms with Gasteiger partial charge < -0.3 is 41.5 Å². The predicted molar refractivity (Wildman–Crippen MR) is 122 cm³/mol. The predicted octanol–water partition coefficient (Wildman–Crippen LogP) is -3.80. The summed E-state index contributed by atoms with van der Waals surface area (Å²) in [5, 5.41) is 35.6. The molecule has 1 spiro atoms. The molecule has 0 radical (unpaired) electrons. The Hall–Kier alpha value is -4.11. The number of amides is 2. The molecule has 0 saturated carbocycles. The average Bonchev–Trinajstić information content (AvgIpc) is 3.32. The van der Waals surface area contributed by atoms with E-state index in [1.807, 2.05) is 30.3 Å². The molecule has 4 rings (SSSR count). The number of nitrogens with zero attached hydrogens (tertiary/aromatic N) is 3. The van der Waals surface area contributed by atoms with E-state index >= 15 is 0 Å². The summed E-state index contributed by atoms with van der Waals surface area (Å²) in [5.74, 6) is -2.50. The van der Waals surface area contributed by atoms with Crippen LogP contribution in [0.1, 0.15) is 12.0 Å². The van der Waals surface area contributed by atoms with Crippen LogP contribution in [0.2, 0.25) is 0 Å². The van der Waals surface area contributed by atoms with Gasteiger partial charge in [-0.05, 0) is 5.56 Å². The number of aliphatic imine (C=N–C) groups is 1. The van der Waals surface area contributed by atoms with Crippen LogP contribution in [0.3, 0.4) is 0 Å². The number of hydrogen-bond donors (Lipinski definition) is 8. The fourth-order valence-corrected chi connectivity index (χ4v) is 4.35. The van der Waals surface area contributed by atoms with Gasteiger partial charge in [-0.15, -0.1) is 0 Å². The van der Waals surface area contributed by atoms with Gasteiger partial charge in [0.15, 0.2) is 18.6 Å². The maximum Gasteiger partial charge on any atom is 0.408 e. The van der Waals surface area contributed by atoms with Gasteiger partial charge in [-0.2, -0.15) is 0 Å². The highest BCUT2D eigenvalue weighted by Gasteiger charge is 2.71. The summed E-state index contributed by atoms with van der Waals surface area (Å²) in [5.41, 5.74) is 11.3. The lowest BCUT2D eigenvalue weighted by atomic mass is 9.87. The minimum absolute atomic E-state index is 0.0106. The molecule has 0 aromatic heterocycles. The molecular formula is C20H28N9O6+. The zero-order valence-electron chi connectivity index (χ0n) is 18.7. The second-order valence-electron chi connectivity index (χ2n) is 8.18. The van der Waals surface area contributed by atoms with E-state index in [4.69, 9.17) is 21.0 Å². The van der Waals surface area contributed by atoms with Crippen LogP contribution >= 0.6 is 0 Å². The number of nitrogens with one attached hydrogen (secondary N) is 4. The summed E-state index contributed by atoms with van der Waals surface area (Å²) in [6.45, 7) is -0.502. The first-order chi connectivity index (χ1) is 16.7. The molecule has 1 aromatic rings. The van der Waals surface area contributed by atoms with Crippen molar-refractivity contribution in [2.45, 2.75) is 30.0 Å². The lowest BCUT2D eigenvalue weighted by molar-refractivity contribution is -0.623. The molecule has 1 fully saturated rings. The van der Waals surface area contributed by atoms with Crippen molar-refractivity contribution in [3.05, 3.63) is 35.9 Å². The van der Waals surface area contributed by atoms with Crippen LogP contribution in [0.15, 0.2) is 40.5 Å². The Kier molecular flexibility index (Phi) is 6.61. The third kappa shape index (κ3) is 4.76. The number of ether oxygens (including phenoxy) is 1. The molecule has 15 nitrogen and oxygen atoms in total. The summed E-state index contributed by atoms with van der Waals surface area (Å²) < 4.78 is 6.76. The van der Waals surface area contributed by atoms with Gasteiger partial charge in [0.1, 0.15) is 12.6 Å². The summed E-state index contributed by atoms with van der Waals surface area (Å²) >= 11 is 0. The van der Waals surface area contributed by atoms with Gasteiger partial charge in [-0.1, -0.05) is 35.5 Å². The van der Waals surface area contributed by atoms with Crippen molar-refractivity contribution in [3.8, 4) is 0 Å². The Morgan fingerprint density at radius 2 is 2.06 bits per heavy atom. The van der Waals surface area contributed by atoms with Gasteiger partial charge in [0.2, 0.25) is 11.4 Å². The molecule has 1 aromatic carbocycles. The van der Waals surface area contributed by atoms with Crippen LogP contribution in [0, 0.1) is 0 Å². The number of hydrogen-bond acceptors (Lipinski definition) is 12. The van der Waals surface area contributed by atoms with Gasteiger partial charge in [0.25, 0.3) is 5.91 Å². The summed E-state index contributed by atoms with van der Waals surface area (Å²) in [7, 11) is 0. The number of rotatable bonds is 8. The summed E-state index contributed by atoms with van der Waals surface area (Å²) in [4.78, 5) is 33.1. The van der Waals surface area contributed by atoms with E-state index in [1.165, 1.54) is 6.21 Å². The maximum absolute atomic E-state index is 12.1. The molecule has 0 bridgehead atoms. The first-order valence-electron chi connectivity index (χ1n) is 10.8. The van der Waals surface area contributed by atoms with Crippen LogP contribution in [-0.4, -0.2) is 94.9 Å². The summed E-state index contributed by atoms with van der Waals surface area (Å²) in [6.07, 6.45) is 0.659. The summed E-state index contributed by atoms with van der Waals surface area (Å²) in [6, 6.07) is 7.70. The van der Waals surface area contributed by atoms with Crippen molar-refractivity contribution >= 4 is 30.1 Å². The Bertz CT molecular complexity index is 1060. The highest BCUT2D eigenvalue weighted by molar-refractivity contribution is 5.83. The molecule has 15 heteroatoms. The number of guanidine groups is 2. The third-order valence-electron chi connectivity index (χ3n) is 5.93. The van der Waals surface area contributed by atoms with Crippen LogP contribution < -0.4 is 32.7 Å². The van der Waals surface area contributed by atoms with E-state index in [1.54, 1.807) is 4.58 Å². The zero-order valence-corrected chi connectivity index (χ0v) is 18.7. The first kappa shape index (κ1) is 24.0. The Labute approximate surface area is 199 Å². The quantitative estimate of drug-likeness (QED) is 0.0768. The number of benzene rings is 1. The molecule has 188 valence electrons. The molecule has 1 saturated heterocycles. The van der Waals surface area contributed by atoms with E-state index in [-0.39, 0.29) is 44.8 Å². The molecule has 3 unspecified atom stereocenters. The molecule has 3 atom stereocenters. The monoisotopic (exact) mass is 490 g/mol. The van der Waals surface area contributed by atoms with Crippen molar-refractivity contribution in [2.75, 3.05) is 26.4 Å². The fraction of sp³-hybridized carbons (Fsp3) is 0.450. The number of carbonyl (C=O) groups excluding carboxylic acids is 2. The van der Waals surface area contributed by atoms with Gasteiger partial charge in [0.05, 0.1) is 19.4 Å². The van der Waals surface area contributed by atoms with Gasteiger partial charge in [0, 0.05) is 6.42 Å². The minimum atomic E-state index is -2.17. The molecule has 3 heterocycles. The minimum Gasteiger partial charge on any atom is -0.446 e. The highest BCUT2D eigenvalue weighted by Crippen LogP contribution is 2.40. The smallest absolute Gasteiger partial charge is 0.408 e.